The second-order valence-electron chi connectivity index (χ2n) is 4.33. The molecule has 0 spiro atoms. The largest absolute Gasteiger partial charge is 0.328 e. The second kappa shape index (κ2) is 4.84. The monoisotopic (exact) mass is 239 g/mol. The summed E-state index contributed by atoms with van der Waals surface area (Å²) >= 11 is 0. The zero-order valence-corrected chi connectivity index (χ0v) is 10.3. The van der Waals surface area contributed by atoms with Gasteiger partial charge in [0, 0.05) is 29.7 Å². The number of pyridine rings is 2. The van der Waals surface area contributed by atoms with Crippen LogP contribution in [-0.2, 0) is 0 Å². The van der Waals surface area contributed by atoms with Crippen LogP contribution in [0.15, 0.2) is 35.5 Å². The van der Waals surface area contributed by atoms with Crippen molar-refractivity contribution < 1.29 is 0 Å². The van der Waals surface area contributed by atoms with E-state index in [1.807, 2.05) is 26.0 Å². The highest BCUT2D eigenvalue weighted by Crippen LogP contribution is 2.29. The summed E-state index contributed by atoms with van der Waals surface area (Å²) in [7, 11) is 0. The maximum atomic E-state index is 11.7. The van der Waals surface area contributed by atoms with Crippen LogP contribution in [-0.4, -0.2) is 9.97 Å². The molecular weight excluding hydrogens is 226 g/mol. The van der Waals surface area contributed by atoms with Crippen LogP contribution < -0.4 is 5.56 Å². The van der Waals surface area contributed by atoms with E-state index in [9.17, 15) is 10.1 Å². The first-order valence-corrected chi connectivity index (χ1v) is 5.71. The molecule has 0 amide bonds. The van der Waals surface area contributed by atoms with Crippen LogP contribution in [0.25, 0.3) is 11.1 Å². The number of H-pyrrole nitrogens is 1. The van der Waals surface area contributed by atoms with Crippen molar-refractivity contribution >= 4 is 0 Å². The van der Waals surface area contributed by atoms with Gasteiger partial charge >= 0.3 is 0 Å². The summed E-state index contributed by atoms with van der Waals surface area (Å²) < 4.78 is 0. The summed E-state index contributed by atoms with van der Waals surface area (Å²) in [6.45, 7) is 4.04. The van der Waals surface area contributed by atoms with Crippen molar-refractivity contribution in [1.29, 1.82) is 5.26 Å². The summed E-state index contributed by atoms with van der Waals surface area (Å²) in [4.78, 5) is 18.4. The third-order valence-electron chi connectivity index (χ3n) is 2.81. The lowest BCUT2D eigenvalue weighted by Gasteiger charge is -2.13. The van der Waals surface area contributed by atoms with E-state index >= 15 is 0 Å². The van der Waals surface area contributed by atoms with Gasteiger partial charge in [-0.25, -0.2) is 0 Å². The topological polar surface area (TPSA) is 69.5 Å². The lowest BCUT2D eigenvalue weighted by atomic mass is 9.92. The van der Waals surface area contributed by atoms with E-state index in [0.717, 1.165) is 11.1 Å². The Labute approximate surface area is 105 Å². The molecule has 1 N–H and O–H groups in total. The molecule has 0 fully saturated rings. The predicted octanol–water partition coefficient (Wildman–Crippen LogP) is 2.43. The molecule has 2 heterocycles. The minimum atomic E-state index is -0.360. The van der Waals surface area contributed by atoms with Gasteiger partial charge in [-0.15, -0.1) is 0 Å². The number of hydrogen-bond donors (Lipinski definition) is 1. The number of aromatic amines is 1. The summed E-state index contributed by atoms with van der Waals surface area (Å²) in [5, 5.41) is 9.18. The molecule has 0 saturated carbocycles. The fraction of sp³-hybridized carbons (Fsp3) is 0.214. The maximum Gasteiger partial charge on any atom is 0.266 e. The van der Waals surface area contributed by atoms with Crippen molar-refractivity contribution in [3.63, 3.8) is 0 Å². The molecule has 90 valence electrons. The Bertz CT molecular complexity index is 651. The van der Waals surface area contributed by atoms with E-state index in [-0.39, 0.29) is 17.0 Å². The van der Waals surface area contributed by atoms with E-state index in [2.05, 4.69) is 9.97 Å². The number of hydrogen-bond acceptors (Lipinski definition) is 3. The first kappa shape index (κ1) is 12.1. The molecule has 0 aliphatic rings. The van der Waals surface area contributed by atoms with Crippen LogP contribution in [0.2, 0.25) is 0 Å². The van der Waals surface area contributed by atoms with Crippen LogP contribution in [0, 0.1) is 11.3 Å². The van der Waals surface area contributed by atoms with Gasteiger partial charge in [-0.3, -0.25) is 9.78 Å². The van der Waals surface area contributed by atoms with Gasteiger partial charge in [-0.1, -0.05) is 19.9 Å². The van der Waals surface area contributed by atoms with Crippen molar-refractivity contribution in [2.75, 3.05) is 0 Å². The first-order chi connectivity index (χ1) is 8.65. The van der Waals surface area contributed by atoms with Crippen LogP contribution in [0.4, 0.5) is 0 Å². The third kappa shape index (κ3) is 2.03. The highest BCUT2D eigenvalue weighted by atomic mass is 16.1. The van der Waals surface area contributed by atoms with Crippen LogP contribution in [0.5, 0.6) is 0 Å². The number of nitrogens with zero attached hydrogens (tertiary/aromatic N) is 2. The molecule has 0 aliphatic carbocycles. The predicted molar refractivity (Wildman–Crippen MR) is 69.1 cm³/mol. The molecule has 0 aliphatic heterocycles. The quantitative estimate of drug-likeness (QED) is 0.875. The maximum absolute atomic E-state index is 11.7. The molecule has 0 aromatic carbocycles. The van der Waals surface area contributed by atoms with Gasteiger partial charge in [0.25, 0.3) is 5.56 Å². The van der Waals surface area contributed by atoms with Crippen molar-refractivity contribution in [3.05, 3.63) is 52.2 Å². The molecule has 18 heavy (non-hydrogen) atoms. The van der Waals surface area contributed by atoms with Gasteiger partial charge < -0.3 is 4.98 Å². The highest BCUT2D eigenvalue weighted by Gasteiger charge is 2.16. The molecule has 4 heteroatoms. The molecule has 0 radical (unpaired) electrons. The summed E-state index contributed by atoms with van der Waals surface area (Å²) in [5.41, 5.74) is 2.21. The molecular formula is C14H13N3O. The molecule has 0 saturated heterocycles. The molecule has 4 nitrogen and oxygen atoms in total. The van der Waals surface area contributed by atoms with Gasteiger partial charge in [-0.2, -0.15) is 5.26 Å². The third-order valence-corrected chi connectivity index (χ3v) is 2.81. The molecule has 0 atom stereocenters. The van der Waals surface area contributed by atoms with Crippen molar-refractivity contribution in [2.24, 2.45) is 0 Å². The zero-order valence-electron chi connectivity index (χ0n) is 10.3. The summed E-state index contributed by atoms with van der Waals surface area (Å²) in [6.07, 6.45) is 5.01. The van der Waals surface area contributed by atoms with Gasteiger partial charge in [0.05, 0.1) is 0 Å². The van der Waals surface area contributed by atoms with Gasteiger partial charge in [0.1, 0.15) is 11.6 Å². The normalized spacial score (nSPS) is 10.3. The van der Waals surface area contributed by atoms with E-state index in [4.69, 9.17) is 0 Å². The Morgan fingerprint density at radius 1 is 1.44 bits per heavy atom. The van der Waals surface area contributed by atoms with E-state index in [0.29, 0.717) is 5.56 Å². The fourth-order valence-electron chi connectivity index (χ4n) is 1.93. The standard InChI is InChI=1S/C14H13N3O/c1-9(2)12-8-17-14(18)11(6-15)13(12)10-4-3-5-16-7-10/h3-5,7-9H,1-2H3,(H,17,18). The summed E-state index contributed by atoms with van der Waals surface area (Å²) in [6, 6.07) is 5.64. The smallest absolute Gasteiger partial charge is 0.266 e. The number of nitriles is 1. The Morgan fingerprint density at radius 2 is 2.22 bits per heavy atom. The first-order valence-electron chi connectivity index (χ1n) is 5.71. The van der Waals surface area contributed by atoms with Crippen LogP contribution in [0.1, 0.15) is 30.9 Å². The molecule has 2 aromatic rings. The number of nitrogens with one attached hydrogen (secondary N) is 1. The Morgan fingerprint density at radius 3 is 2.78 bits per heavy atom. The Hall–Kier alpha value is -2.41. The molecule has 2 rings (SSSR count). The van der Waals surface area contributed by atoms with Crippen LogP contribution >= 0.6 is 0 Å². The van der Waals surface area contributed by atoms with Gasteiger partial charge in [0.15, 0.2) is 0 Å². The molecule has 0 bridgehead atoms. The lowest BCUT2D eigenvalue weighted by molar-refractivity contribution is 0.857. The Kier molecular flexibility index (Phi) is 3.24. The highest BCUT2D eigenvalue weighted by molar-refractivity contribution is 5.73. The molecule has 0 unspecified atom stereocenters. The van der Waals surface area contributed by atoms with Crippen molar-refractivity contribution in [1.82, 2.24) is 9.97 Å². The van der Waals surface area contributed by atoms with E-state index in [1.54, 1.807) is 24.7 Å². The van der Waals surface area contributed by atoms with Crippen molar-refractivity contribution in [2.45, 2.75) is 19.8 Å². The zero-order chi connectivity index (χ0) is 13.1. The van der Waals surface area contributed by atoms with Gasteiger partial charge in [0.2, 0.25) is 0 Å². The molecule has 2 aromatic heterocycles. The average molecular weight is 239 g/mol. The Balaban J connectivity index is 2.82. The second-order valence-corrected chi connectivity index (χ2v) is 4.33. The van der Waals surface area contributed by atoms with E-state index < -0.39 is 0 Å². The van der Waals surface area contributed by atoms with Crippen molar-refractivity contribution in [3.8, 4) is 17.2 Å². The van der Waals surface area contributed by atoms with E-state index in [1.165, 1.54) is 0 Å². The van der Waals surface area contributed by atoms with Gasteiger partial charge in [-0.05, 0) is 17.5 Å². The number of rotatable bonds is 2. The lowest BCUT2D eigenvalue weighted by Crippen LogP contribution is -2.13. The SMILES string of the molecule is CC(C)c1c[nH]c(=O)c(C#N)c1-c1cccnc1. The van der Waals surface area contributed by atoms with Crippen LogP contribution in [0.3, 0.4) is 0 Å². The number of aromatic nitrogens is 2. The summed E-state index contributed by atoms with van der Waals surface area (Å²) in [5.74, 6) is 0.212. The fourth-order valence-corrected chi connectivity index (χ4v) is 1.93. The minimum Gasteiger partial charge on any atom is -0.328 e. The minimum absolute atomic E-state index is 0.147. The average Bonchev–Trinajstić information content (AvgIpc) is 2.39.